The van der Waals surface area contributed by atoms with Crippen molar-refractivity contribution in [2.24, 2.45) is 0 Å². The van der Waals surface area contributed by atoms with Crippen molar-refractivity contribution in [2.75, 3.05) is 7.11 Å². The predicted octanol–water partition coefficient (Wildman–Crippen LogP) is 2.76. The first-order valence-corrected chi connectivity index (χ1v) is 6.72. The molecule has 2 aromatic rings. The van der Waals surface area contributed by atoms with Gasteiger partial charge in [0.05, 0.1) is 12.6 Å². The second kappa shape index (κ2) is 6.01. The molecule has 4 nitrogen and oxygen atoms in total. The zero-order chi connectivity index (χ0) is 14.7. The minimum absolute atomic E-state index is 0.186. The number of hydrogen-bond acceptors (Lipinski definition) is 4. The van der Waals surface area contributed by atoms with Crippen LogP contribution in [0, 0.1) is 6.92 Å². The molecular weight excluding hydrogens is 252 g/mol. The van der Waals surface area contributed by atoms with Gasteiger partial charge in [-0.3, -0.25) is 10.3 Å². The van der Waals surface area contributed by atoms with Crippen molar-refractivity contribution in [3.8, 4) is 0 Å². The van der Waals surface area contributed by atoms with Crippen LogP contribution in [-0.4, -0.2) is 24.1 Å². The first-order valence-electron chi connectivity index (χ1n) is 6.72. The Kier molecular flexibility index (Phi) is 4.35. The molecule has 1 heterocycles. The van der Waals surface area contributed by atoms with E-state index in [9.17, 15) is 4.79 Å². The van der Waals surface area contributed by atoms with Crippen molar-refractivity contribution in [1.29, 1.82) is 0 Å². The summed E-state index contributed by atoms with van der Waals surface area (Å²) in [6.07, 6.45) is 0. The fourth-order valence-corrected chi connectivity index (χ4v) is 2.18. The van der Waals surface area contributed by atoms with E-state index >= 15 is 0 Å². The molecule has 20 heavy (non-hydrogen) atoms. The SMILES string of the molecule is COC(=O)C(NC(C)C)c1ccc2nc(C)ccc2c1. The highest BCUT2D eigenvalue weighted by atomic mass is 16.5. The van der Waals surface area contributed by atoms with Crippen molar-refractivity contribution < 1.29 is 9.53 Å². The molecule has 0 aliphatic rings. The number of nitrogens with zero attached hydrogens (tertiary/aromatic N) is 1. The van der Waals surface area contributed by atoms with Crippen molar-refractivity contribution in [3.63, 3.8) is 0 Å². The lowest BCUT2D eigenvalue weighted by Crippen LogP contribution is -2.34. The van der Waals surface area contributed by atoms with E-state index in [1.54, 1.807) is 0 Å². The van der Waals surface area contributed by atoms with Gasteiger partial charge >= 0.3 is 5.97 Å². The monoisotopic (exact) mass is 272 g/mol. The molecule has 1 aromatic carbocycles. The van der Waals surface area contributed by atoms with E-state index < -0.39 is 6.04 Å². The van der Waals surface area contributed by atoms with Crippen LogP contribution in [0.5, 0.6) is 0 Å². The van der Waals surface area contributed by atoms with E-state index in [1.165, 1.54) is 7.11 Å². The second-order valence-corrected chi connectivity index (χ2v) is 5.18. The van der Waals surface area contributed by atoms with Gasteiger partial charge in [0.2, 0.25) is 0 Å². The predicted molar refractivity (Wildman–Crippen MR) is 79.5 cm³/mol. The van der Waals surface area contributed by atoms with Crippen LogP contribution in [0.1, 0.15) is 31.1 Å². The van der Waals surface area contributed by atoms with Gasteiger partial charge in [-0.1, -0.05) is 12.1 Å². The third-order valence-corrected chi connectivity index (χ3v) is 3.12. The highest BCUT2D eigenvalue weighted by Crippen LogP contribution is 2.21. The van der Waals surface area contributed by atoms with Gasteiger partial charge in [0.15, 0.2) is 0 Å². The van der Waals surface area contributed by atoms with E-state index in [2.05, 4.69) is 10.3 Å². The van der Waals surface area contributed by atoms with Crippen LogP contribution >= 0.6 is 0 Å². The fraction of sp³-hybridized carbons (Fsp3) is 0.375. The Morgan fingerprint density at radius 1 is 1.25 bits per heavy atom. The quantitative estimate of drug-likeness (QED) is 0.870. The molecule has 0 saturated heterocycles. The van der Waals surface area contributed by atoms with Gasteiger partial charge in [-0.2, -0.15) is 0 Å². The molecule has 1 aromatic heterocycles. The zero-order valence-electron chi connectivity index (χ0n) is 12.3. The standard InChI is InChI=1S/C16H20N2O2/c1-10(2)17-15(16(19)20-4)13-7-8-14-12(9-13)6-5-11(3)18-14/h5-10,15,17H,1-4H3. The van der Waals surface area contributed by atoms with Crippen LogP contribution in [0.2, 0.25) is 0 Å². The summed E-state index contributed by atoms with van der Waals surface area (Å²) in [7, 11) is 1.41. The number of benzene rings is 1. The molecule has 0 bridgehead atoms. The fourth-order valence-electron chi connectivity index (χ4n) is 2.18. The lowest BCUT2D eigenvalue weighted by molar-refractivity contribution is -0.143. The summed E-state index contributed by atoms with van der Waals surface area (Å²) < 4.78 is 4.88. The average molecular weight is 272 g/mol. The summed E-state index contributed by atoms with van der Waals surface area (Å²) in [5.41, 5.74) is 2.81. The number of carbonyl (C=O) groups excluding carboxylic acids is 1. The molecule has 1 unspecified atom stereocenters. The summed E-state index contributed by atoms with van der Waals surface area (Å²) in [5, 5.41) is 4.25. The molecule has 2 rings (SSSR count). The molecule has 4 heteroatoms. The lowest BCUT2D eigenvalue weighted by atomic mass is 10.0. The number of pyridine rings is 1. The third kappa shape index (κ3) is 3.14. The number of aromatic nitrogens is 1. The van der Waals surface area contributed by atoms with Gasteiger partial charge in [0, 0.05) is 17.1 Å². The molecule has 0 aliphatic heterocycles. The Morgan fingerprint density at radius 3 is 2.65 bits per heavy atom. The number of hydrogen-bond donors (Lipinski definition) is 1. The van der Waals surface area contributed by atoms with Gasteiger partial charge in [0.1, 0.15) is 6.04 Å². The maximum absolute atomic E-state index is 11.9. The zero-order valence-corrected chi connectivity index (χ0v) is 12.3. The number of rotatable bonds is 4. The van der Waals surface area contributed by atoms with E-state index in [4.69, 9.17) is 4.74 Å². The first-order chi connectivity index (χ1) is 9.51. The van der Waals surface area contributed by atoms with Crippen molar-refractivity contribution >= 4 is 16.9 Å². The van der Waals surface area contributed by atoms with Gasteiger partial charge in [0.25, 0.3) is 0 Å². The van der Waals surface area contributed by atoms with Crippen molar-refractivity contribution in [1.82, 2.24) is 10.3 Å². The summed E-state index contributed by atoms with van der Waals surface area (Å²) >= 11 is 0. The summed E-state index contributed by atoms with van der Waals surface area (Å²) in [6, 6.07) is 9.57. The number of nitrogens with one attached hydrogen (secondary N) is 1. The lowest BCUT2D eigenvalue weighted by Gasteiger charge is -2.19. The van der Waals surface area contributed by atoms with E-state index in [-0.39, 0.29) is 12.0 Å². The van der Waals surface area contributed by atoms with Gasteiger partial charge in [-0.25, -0.2) is 4.79 Å². The van der Waals surface area contributed by atoms with E-state index in [0.29, 0.717) is 0 Å². The van der Waals surface area contributed by atoms with Crippen molar-refractivity contribution in [3.05, 3.63) is 41.6 Å². The molecule has 106 valence electrons. The minimum atomic E-state index is -0.453. The Morgan fingerprint density at radius 2 is 2.00 bits per heavy atom. The number of ether oxygens (including phenoxy) is 1. The minimum Gasteiger partial charge on any atom is -0.468 e. The highest BCUT2D eigenvalue weighted by molar-refractivity contribution is 5.83. The molecular formula is C16H20N2O2. The molecule has 0 spiro atoms. The molecule has 0 fully saturated rings. The normalized spacial score (nSPS) is 12.7. The van der Waals surface area contributed by atoms with Gasteiger partial charge < -0.3 is 4.74 Å². The van der Waals surface area contributed by atoms with Crippen LogP contribution in [-0.2, 0) is 9.53 Å². The summed E-state index contributed by atoms with van der Waals surface area (Å²) in [6.45, 7) is 5.97. The molecule has 0 saturated carbocycles. The number of esters is 1. The van der Waals surface area contributed by atoms with Crippen LogP contribution in [0.15, 0.2) is 30.3 Å². The molecule has 0 radical (unpaired) electrons. The maximum Gasteiger partial charge on any atom is 0.327 e. The molecule has 0 aliphatic carbocycles. The largest absolute Gasteiger partial charge is 0.468 e. The molecule has 1 N–H and O–H groups in total. The van der Waals surface area contributed by atoms with Crippen LogP contribution in [0.3, 0.4) is 0 Å². The Bertz CT molecular complexity index is 623. The van der Waals surface area contributed by atoms with Gasteiger partial charge in [-0.15, -0.1) is 0 Å². The Hall–Kier alpha value is -1.94. The number of aryl methyl sites for hydroxylation is 1. The number of methoxy groups -OCH3 is 1. The second-order valence-electron chi connectivity index (χ2n) is 5.18. The molecule has 1 atom stereocenters. The van der Waals surface area contributed by atoms with Crippen molar-refractivity contribution in [2.45, 2.75) is 32.9 Å². The smallest absolute Gasteiger partial charge is 0.327 e. The Balaban J connectivity index is 2.42. The van der Waals surface area contributed by atoms with E-state index in [0.717, 1.165) is 22.2 Å². The third-order valence-electron chi connectivity index (χ3n) is 3.12. The van der Waals surface area contributed by atoms with E-state index in [1.807, 2.05) is 51.1 Å². The highest BCUT2D eigenvalue weighted by Gasteiger charge is 2.22. The summed E-state index contributed by atoms with van der Waals surface area (Å²) in [4.78, 5) is 16.4. The number of fused-ring (bicyclic) bond motifs is 1. The Labute approximate surface area is 119 Å². The number of carbonyl (C=O) groups is 1. The van der Waals surface area contributed by atoms with Crippen LogP contribution in [0.25, 0.3) is 10.9 Å². The van der Waals surface area contributed by atoms with Gasteiger partial charge in [-0.05, 0) is 44.5 Å². The summed E-state index contributed by atoms with van der Waals surface area (Å²) in [5.74, 6) is -0.280. The topological polar surface area (TPSA) is 51.2 Å². The maximum atomic E-state index is 11.9. The van der Waals surface area contributed by atoms with Crippen LogP contribution < -0.4 is 5.32 Å². The van der Waals surface area contributed by atoms with Crippen LogP contribution in [0.4, 0.5) is 0 Å². The molecule has 0 amide bonds. The first kappa shape index (κ1) is 14.5. The average Bonchev–Trinajstić information content (AvgIpc) is 2.43.